The molecule has 0 saturated carbocycles. The van der Waals surface area contributed by atoms with Gasteiger partial charge in [-0.25, -0.2) is 4.79 Å². The molecule has 2 heterocycles. The number of rotatable bonds is 8. The fraction of sp³-hybridized carbons (Fsp3) is 0.233. The summed E-state index contributed by atoms with van der Waals surface area (Å²) in [6.07, 6.45) is 10.6. The van der Waals surface area contributed by atoms with Gasteiger partial charge in [-0.1, -0.05) is 60.2 Å². The van der Waals surface area contributed by atoms with Gasteiger partial charge in [0.05, 0.1) is 17.3 Å². The third kappa shape index (κ3) is 5.69. The summed E-state index contributed by atoms with van der Waals surface area (Å²) in [5.41, 5.74) is 3.85. The minimum absolute atomic E-state index is 0.229. The predicted octanol–water partition coefficient (Wildman–Crippen LogP) is 7.49. The molecular weight excluding hydrogens is 583 g/mol. The number of carbonyl (C=O) groups is 1. The number of halogens is 2. The number of carbonyl (C=O) groups excluding carboxylic acids is 1. The molecule has 1 aromatic heterocycles. The summed E-state index contributed by atoms with van der Waals surface area (Å²) in [6, 6.07) is 23.7. The van der Waals surface area contributed by atoms with E-state index in [1.54, 1.807) is 16.9 Å². The van der Waals surface area contributed by atoms with Crippen LogP contribution in [0.4, 0.5) is 0 Å². The molecular formula is C30H28ClIN2O2. The van der Waals surface area contributed by atoms with E-state index < -0.39 is 0 Å². The molecule has 0 saturated heterocycles. The lowest BCUT2D eigenvalue weighted by molar-refractivity contribution is 0.0481. The first-order chi connectivity index (χ1) is 17.6. The molecule has 0 N–H and O–H groups in total. The highest BCUT2D eigenvalue weighted by molar-refractivity contribution is 14.1. The third-order valence-electron chi connectivity index (χ3n) is 6.72. The molecule has 184 valence electrons. The minimum Gasteiger partial charge on any atom is -0.331 e. The Hall–Kier alpha value is -2.61. The van der Waals surface area contributed by atoms with Gasteiger partial charge in [-0.15, -0.1) is 0 Å². The summed E-state index contributed by atoms with van der Waals surface area (Å²) in [5.74, 6) is -0.363. The second-order valence-corrected chi connectivity index (χ2v) is 10.7. The minimum atomic E-state index is -0.363. The average Bonchev–Trinajstić information content (AvgIpc) is 3.25. The summed E-state index contributed by atoms with van der Waals surface area (Å²) in [6.45, 7) is 1.91. The number of hydrogen-bond donors (Lipinski definition) is 0. The second kappa shape index (κ2) is 11.6. The van der Waals surface area contributed by atoms with Crippen molar-refractivity contribution in [2.45, 2.75) is 31.7 Å². The third-order valence-corrected chi connectivity index (χ3v) is 7.76. The number of benzene rings is 3. The number of unbranched alkanes of at least 4 members (excludes halogenated alkanes) is 1. The highest BCUT2D eigenvalue weighted by atomic mass is 127. The molecule has 1 atom stereocenters. The van der Waals surface area contributed by atoms with Gasteiger partial charge in [-0.2, -0.15) is 4.73 Å². The Morgan fingerprint density at radius 3 is 2.64 bits per heavy atom. The van der Waals surface area contributed by atoms with E-state index >= 15 is 0 Å². The quantitative estimate of drug-likeness (QED) is 0.118. The van der Waals surface area contributed by atoms with E-state index in [1.165, 1.54) is 11.1 Å². The van der Waals surface area contributed by atoms with Gasteiger partial charge in [-0.3, -0.25) is 4.90 Å². The van der Waals surface area contributed by atoms with Crippen LogP contribution in [-0.2, 0) is 6.42 Å². The van der Waals surface area contributed by atoms with E-state index in [1.807, 2.05) is 48.7 Å². The van der Waals surface area contributed by atoms with Gasteiger partial charge in [-0.05, 0) is 102 Å². The number of fused-ring (bicyclic) bond motifs is 1. The lowest BCUT2D eigenvalue weighted by Crippen LogP contribution is -2.32. The van der Waals surface area contributed by atoms with Crippen LogP contribution in [0, 0.1) is 3.57 Å². The second-order valence-electron chi connectivity index (χ2n) is 9.08. The van der Waals surface area contributed by atoms with Gasteiger partial charge in [0.2, 0.25) is 0 Å². The average molecular weight is 611 g/mol. The first kappa shape index (κ1) is 25.1. The molecule has 1 unspecified atom stereocenters. The zero-order valence-electron chi connectivity index (χ0n) is 19.9. The zero-order chi connectivity index (χ0) is 24.9. The van der Waals surface area contributed by atoms with Crippen LogP contribution < -0.4 is 4.84 Å². The first-order valence-electron chi connectivity index (χ1n) is 12.3. The molecule has 4 aromatic rings. The van der Waals surface area contributed by atoms with E-state index in [-0.39, 0.29) is 12.0 Å². The Morgan fingerprint density at radius 2 is 1.81 bits per heavy atom. The van der Waals surface area contributed by atoms with Crippen molar-refractivity contribution in [3.8, 4) is 0 Å². The molecule has 0 fully saturated rings. The van der Waals surface area contributed by atoms with Crippen LogP contribution >= 0.6 is 34.2 Å². The van der Waals surface area contributed by atoms with Gasteiger partial charge in [0.1, 0.15) is 0 Å². The molecule has 0 aliphatic carbocycles. The van der Waals surface area contributed by atoms with Crippen LogP contribution in [0.3, 0.4) is 0 Å². The Labute approximate surface area is 230 Å². The van der Waals surface area contributed by atoms with Crippen molar-refractivity contribution in [2.75, 3.05) is 13.1 Å². The van der Waals surface area contributed by atoms with Crippen molar-refractivity contribution < 1.29 is 9.63 Å². The molecule has 1 aliphatic rings. The maximum Gasteiger partial charge on any atom is 0.363 e. The van der Waals surface area contributed by atoms with Crippen LogP contribution in [0.25, 0.3) is 10.9 Å². The fourth-order valence-corrected chi connectivity index (χ4v) is 5.59. The normalized spacial score (nSPS) is 15.9. The van der Waals surface area contributed by atoms with E-state index in [0.717, 1.165) is 58.3 Å². The molecule has 36 heavy (non-hydrogen) atoms. The highest BCUT2D eigenvalue weighted by Crippen LogP contribution is 2.35. The van der Waals surface area contributed by atoms with Crippen LogP contribution in [0.1, 0.15) is 46.8 Å². The molecule has 3 aromatic carbocycles. The largest absolute Gasteiger partial charge is 0.363 e. The van der Waals surface area contributed by atoms with Crippen molar-refractivity contribution in [1.29, 1.82) is 0 Å². The number of hydrogen-bond acceptors (Lipinski definition) is 3. The monoisotopic (exact) mass is 610 g/mol. The van der Waals surface area contributed by atoms with Crippen molar-refractivity contribution in [2.24, 2.45) is 0 Å². The van der Waals surface area contributed by atoms with E-state index in [2.05, 4.69) is 57.8 Å². The van der Waals surface area contributed by atoms with Gasteiger partial charge >= 0.3 is 5.97 Å². The summed E-state index contributed by atoms with van der Waals surface area (Å²) in [7, 11) is 0. The van der Waals surface area contributed by atoms with Crippen LogP contribution in [0.5, 0.6) is 0 Å². The molecule has 6 heteroatoms. The standard InChI is InChI=1S/C30H28ClIN2O2/c31-27-14-5-4-10-22(27)11-6-8-18-33-19-9-7-15-28(33)26-21-34(29-17-16-24(32)20-25(26)29)36-30(35)23-12-2-1-3-13-23/h1-5,7,9-10,12-14,16-17,20-21,28H,6,8,11,15,18-19H2. The van der Waals surface area contributed by atoms with Crippen molar-refractivity contribution >= 4 is 51.1 Å². The first-order valence-corrected chi connectivity index (χ1v) is 13.8. The SMILES string of the molecule is O=C(On1cc(C2CC=CCN2CCCCc2ccccc2Cl)c2cc(I)ccc21)c1ccccc1. The van der Waals surface area contributed by atoms with Crippen molar-refractivity contribution in [3.63, 3.8) is 0 Å². The lowest BCUT2D eigenvalue weighted by atomic mass is 9.98. The van der Waals surface area contributed by atoms with Crippen LogP contribution in [0.15, 0.2) is 91.1 Å². The van der Waals surface area contributed by atoms with Crippen molar-refractivity contribution in [3.05, 3.63) is 116 Å². The van der Waals surface area contributed by atoms with E-state index in [9.17, 15) is 4.79 Å². The molecule has 0 amide bonds. The molecule has 0 bridgehead atoms. The summed E-state index contributed by atoms with van der Waals surface area (Å²) < 4.78 is 2.80. The molecule has 0 radical (unpaired) electrons. The zero-order valence-corrected chi connectivity index (χ0v) is 22.9. The van der Waals surface area contributed by atoms with Crippen molar-refractivity contribution in [1.82, 2.24) is 9.63 Å². The molecule has 1 aliphatic heterocycles. The summed E-state index contributed by atoms with van der Waals surface area (Å²) >= 11 is 8.69. The Morgan fingerprint density at radius 1 is 1.00 bits per heavy atom. The van der Waals surface area contributed by atoms with Gasteiger partial charge in [0.25, 0.3) is 0 Å². The fourth-order valence-electron chi connectivity index (χ4n) is 4.87. The van der Waals surface area contributed by atoms with Gasteiger partial charge < -0.3 is 4.84 Å². The Balaban J connectivity index is 1.35. The van der Waals surface area contributed by atoms with Gasteiger partial charge in [0, 0.05) is 26.6 Å². The lowest BCUT2D eigenvalue weighted by Gasteiger charge is -2.33. The Bertz CT molecular complexity index is 1380. The number of aromatic nitrogens is 1. The predicted molar refractivity (Wildman–Crippen MR) is 154 cm³/mol. The molecule has 4 nitrogen and oxygen atoms in total. The number of nitrogens with zero attached hydrogens (tertiary/aromatic N) is 2. The Kier molecular flexibility index (Phi) is 8.09. The van der Waals surface area contributed by atoms with E-state index in [4.69, 9.17) is 16.4 Å². The van der Waals surface area contributed by atoms with Crippen LogP contribution in [-0.4, -0.2) is 28.7 Å². The maximum atomic E-state index is 12.8. The smallest absolute Gasteiger partial charge is 0.331 e. The number of aryl methyl sites for hydroxylation is 1. The summed E-state index contributed by atoms with van der Waals surface area (Å²) in [5, 5.41) is 1.98. The van der Waals surface area contributed by atoms with Gasteiger partial charge in [0.15, 0.2) is 0 Å². The summed E-state index contributed by atoms with van der Waals surface area (Å²) in [4.78, 5) is 21.2. The maximum absolute atomic E-state index is 12.8. The highest BCUT2D eigenvalue weighted by Gasteiger charge is 2.26. The molecule has 0 spiro atoms. The van der Waals surface area contributed by atoms with Crippen LogP contribution in [0.2, 0.25) is 5.02 Å². The molecule has 5 rings (SSSR count). The van der Waals surface area contributed by atoms with E-state index in [0.29, 0.717) is 5.56 Å². The topological polar surface area (TPSA) is 34.5 Å².